The molecule has 3 heterocycles. The summed E-state index contributed by atoms with van der Waals surface area (Å²) in [4.78, 5) is 38.1. The Morgan fingerprint density at radius 3 is 2.41 bits per heavy atom. The Hall–Kier alpha value is -3.20. The van der Waals surface area contributed by atoms with Gasteiger partial charge in [0, 0.05) is 31.9 Å². The van der Waals surface area contributed by atoms with Gasteiger partial charge in [0.25, 0.3) is 5.56 Å². The van der Waals surface area contributed by atoms with E-state index in [0.29, 0.717) is 48.6 Å². The van der Waals surface area contributed by atoms with Gasteiger partial charge in [-0.15, -0.1) is 0 Å². The minimum Gasteiger partial charge on any atom is -0.444 e. The van der Waals surface area contributed by atoms with Crippen LogP contribution >= 0.6 is 11.6 Å². The number of pyridine rings is 1. The first-order valence-electron chi connectivity index (χ1n) is 11.0. The second-order valence-corrected chi connectivity index (χ2v) is 9.70. The Morgan fingerprint density at radius 2 is 1.79 bits per heavy atom. The minimum absolute atomic E-state index is 0.0742. The number of carbonyl (C=O) groups excluding carboxylic acids is 1. The molecule has 180 valence electrons. The number of benzene rings is 1. The third-order valence-electron chi connectivity index (χ3n) is 5.65. The van der Waals surface area contributed by atoms with Crippen molar-refractivity contribution in [1.82, 2.24) is 19.4 Å². The van der Waals surface area contributed by atoms with Crippen LogP contribution in [0.5, 0.6) is 0 Å². The van der Waals surface area contributed by atoms with Crippen LogP contribution in [0.1, 0.15) is 32.0 Å². The van der Waals surface area contributed by atoms with Crippen molar-refractivity contribution in [2.24, 2.45) is 0 Å². The predicted molar refractivity (Wildman–Crippen MR) is 130 cm³/mol. The summed E-state index contributed by atoms with van der Waals surface area (Å²) in [6.45, 7) is 10.8. The zero-order chi connectivity index (χ0) is 24.8. The van der Waals surface area contributed by atoms with Crippen LogP contribution < -0.4 is 10.5 Å². The lowest BCUT2D eigenvalue weighted by molar-refractivity contribution is 0.0240. The summed E-state index contributed by atoms with van der Waals surface area (Å²) in [6.07, 6.45) is -0.364. The van der Waals surface area contributed by atoms with Gasteiger partial charge in [-0.2, -0.15) is 4.98 Å². The molecule has 3 aromatic rings. The quantitative estimate of drug-likeness (QED) is 0.503. The highest BCUT2D eigenvalue weighted by atomic mass is 35.5. The van der Waals surface area contributed by atoms with Crippen LogP contribution in [0.15, 0.2) is 29.1 Å². The summed E-state index contributed by atoms with van der Waals surface area (Å²) in [5, 5.41) is 0.456. The maximum Gasteiger partial charge on any atom is 0.410 e. The van der Waals surface area contributed by atoms with Crippen LogP contribution in [-0.4, -0.2) is 57.3 Å². The standard InChI is InChI=1S/C24H27ClFN5O3/c1-14-7-6-8-17(26)19(14)31-15(2)13-16-18(21(31)32)27-22(25)28-20(16)29-9-11-30(12-10-29)23(33)34-24(3,4)5/h6-8,13H,9-12H2,1-5H3. The van der Waals surface area contributed by atoms with E-state index >= 15 is 0 Å². The van der Waals surface area contributed by atoms with Gasteiger partial charge in [0.15, 0.2) is 0 Å². The lowest BCUT2D eigenvalue weighted by Gasteiger charge is -2.36. The average Bonchev–Trinajstić information content (AvgIpc) is 2.75. The first-order chi connectivity index (χ1) is 16.0. The zero-order valence-corrected chi connectivity index (χ0v) is 20.6. The molecule has 4 rings (SSSR count). The third kappa shape index (κ3) is 4.57. The van der Waals surface area contributed by atoms with Gasteiger partial charge in [0.2, 0.25) is 5.28 Å². The van der Waals surface area contributed by atoms with Gasteiger partial charge in [0.05, 0.1) is 11.1 Å². The molecule has 0 unspecified atom stereocenters. The number of ether oxygens (including phenoxy) is 1. The Balaban J connectivity index is 1.72. The molecule has 0 N–H and O–H groups in total. The van der Waals surface area contributed by atoms with Crippen molar-refractivity contribution in [1.29, 1.82) is 0 Å². The molecule has 0 radical (unpaired) electrons. The Bertz CT molecular complexity index is 1310. The fourth-order valence-electron chi connectivity index (χ4n) is 4.12. The molecule has 2 aromatic heterocycles. The lowest BCUT2D eigenvalue weighted by atomic mass is 10.1. The number of fused-ring (bicyclic) bond motifs is 1. The molecule has 1 amide bonds. The number of halogens is 2. The van der Waals surface area contributed by atoms with Crippen molar-refractivity contribution >= 4 is 34.4 Å². The van der Waals surface area contributed by atoms with Gasteiger partial charge < -0.3 is 14.5 Å². The van der Waals surface area contributed by atoms with Crippen LogP contribution in [0.3, 0.4) is 0 Å². The molecular formula is C24H27ClFN5O3. The summed E-state index contributed by atoms with van der Waals surface area (Å²) in [5.41, 5.74) is 0.431. The number of nitrogens with zero attached hydrogens (tertiary/aromatic N) is 5. The van der Waals surface area contributed by atoms with Crippen molar-refractivity contribution in [3.8, 4) is 5.69 Å². The molecule has 0 aliphatic carbocycles. The SMILES string of the molecule is Cc1cccc(F)c1-n1c(C)cc2c(N3CCN(C(=O)OC(C)(C)C)CC3)nc(Cl)nc2c1=O. The van der Waals surface area contributed by atoms with Crippen LogP contribution in [0.25, 0.3) is 16.6 Å². The number of anilines is 1. The molecule has 1 saturated heterocycles. The van der Waals surface area contributed by atoms with E-state index in [9.17, 15) is 14.0 Å². The first kappa shape index (κ1) is 23.9. The number of aromatic nitrogens is 3. The monoisotopic (exact) mass is 487 g/mol. The second kappa shape index (κ2) is 8.87. The largest absolute Gasteiger partial charge is 0.444 e. The van der Waals surface area contributed by atoms with Gasteiger partial charge in [-0.3, -0.25) is 9.36 Å². The number of amides is 1. The number of aryl methyl sites for hydroxylation is 2. The molecule has 0 spiro atoms. The fourth-order valence-corrected chi connectivity index (χ4v) is 4.28. The fraction of sp³-hybridized carbons (Fsp3) is 0.417. The molecular weight excluding hydrogens is 461 g/mol. The maximum atomic E-state index is 14.7. The number of piperazine rings is 1. The summed E-state index contributed by atoms with van der Waals surface area (Å²) in [5.74, 6) is 0.0136. The Kier molecular flexibility index (Phi) is 6.24. The number of hydrogen-bond donors (Lipinski definition) is 0. The first-order valence-corrected chi connectivity index (χ1v) is 11.4. The molecule has 8 nitrogen and oxygen atoms in total. The number of hydrogen-bond acceptors (Lipinski definition) is 6. The van der Waals surface area contributed by atoms with E-state index < -0.39 is 17.0 Å². The van der Waals surface area contributed by atoms with Crippen molar-refractivity contribution in [2.75, 3.05) is 31.1 Å². The van der Waals surface area contributed by atoms with Crippen molar-refractivity contribution in [3.63, 3.8) is 0 Å². The van der Waals surface area contributed by atoms with Crippen molar-refractivity contribution < 1.29 is 13.9 Å². The highest BCUT2D eigenvalue weighted by molar-refractivity contribution is 6.28. The van der Waals surface area contributed by atoms with E-state index in [1.165, 1.54) is 10.6 Å². The minimum atomic E-state index is -0.571. The smallest absolute Gasteiger partial charge is 0.410 e. The molecule has 0 saturated carbocycles. The molecule has 10 heteroatoms. The van der Waals surface area contributed by atoms with Crippen LogP contribution in [0.2, 0.25) is 5.28 Å². The molecule has 1 aliphatic rings. The third-order valence-corrected chi connectivity index (χ3v) is 5.82. The number of carbonyl (C=O) groups is 1. The Morgan fingerprint density at radius 1 is 1.12 bits per heavy atom. The van der Waals surface area contributed by atoms with E-state index in [1.54, 1.807) is 36.9 Å². The van der Waals surface area contributed by atoms with Gasteiger partial charge >= 0.3 is 6.09 Å². The highest BCUT2D eigenvalue weighted by Gasteiger charge is 2.28. The second-order valence-electron chi connectivity index (χ2n) is 9.36. The van der Waals surface area contributed by atoms with Gasteiger partial charge in [-0.1, -0.05) is 12.1 Å². The molecule has 1 fully saturated rings. The van der Waals surface area contributed by atoms with E-state index in [1.807, 2.05) is 25.7 Å². The van der Waals surface area contributed by atoms with Crippen molar-refractivity contribution in [3.05, 3.63) is 57.0 Å². The number of para-hydroxylation sites is 1. The topological polar surface area (TPSA) is 80.6 Å². The highest BCUT2D eigenvalue weighted by Crippen LogP contribution is 2.28. The summed E-state index contributed by atoms with van der Waals surface area (Å²) < 4.78 is 21.5. The van der Waals surface area contributed by atoms with Crippen molar-refractivity contribution in [2.45, 2.75) is 40.2 Å². The van der Waals surface area contributed by atoms with E-state index in [0.717, 1.165) is 0 Å². The van der Waals surface area contributed by atoms with Crippen LogP contribution in [-0.2, 0) is 4.74 Å². The normalized spacial score (nSPS) is 14.6. The molecule has 0 bridgehead atoms. The predicted octanol–water partition coefficient (Wildman–Crippen LogP) is 4.25. The zero-order valence-electron chi connectivity index (χ0n) is 19.9. The van der Waals surface area contributed by atoms with E-state index in [2.05, 4.69) is 9.97 Å². The lowest BCUT2D eigenvalue weighted by Crippen LogP contribution is -2.50. The molecule has 1 aliphatic heterocycles. The molecule has 0 atom stereocenters. The maximum absolute atomic E-state index is 14.7. The molecule has 1 aromatic carbocycles. The summed E-state index contributed by atoms with van der Waals surface area (Å²) >= 11 is 6.21. The van der Waals surface area contributed by atoms with Gasteiger partial charge in [-0.05, 0) is 63.9 Å². The number of rotatable bonds is 2. The molecule has 34 heavy (non-hydrogen) atoms. The average molecular weight is 488 g/mol. The van der Waals surface area contributed by atoms with Crippen LogP contribution in [0.4, 0.5) is 15.0 Å². The van der Waals surface area contributed by atoms with Crippen LogP contribution in [0, 0.1) is 19.7 Å². The Labute approximate surface area is 201 Å². The van der Waals surface area contributed by atoms with Gasteiger partial charge in [-0.25, -0.2) is 14.2 Å². The van der Waals surface area contributed by atoms with E-state index in [4.69, 9.17) is 16.3 Å². The summed E-state index contributed by atoms with van der Waals surface area (Å²) in [6, 6.07) is 6.44. The van der Waals surface area contributed by atoms with E-state index in [-0.39, 0.29) is 22.6 Å². The summed E-state index contributed by atoms with van der Waals surface area (Å²) in [7, 11) is 0. The van der Waals surface area contributed by atoms with Gasteiger partial charge in [0.1, 0.15) is 22.8 Å².